The third-order valence-electron chi connectivity index (χ3n) is 2.93. The zero-order valence-electron chi connectivity index (χ0n) is 10.1. The van der Waals surface area contributed by atoms with Crippen molar-refractivity contribution in [1.82, 2.24) is 0 Å². The van der Waals surface area contributed by atoms with E-state index in [2.05, 4.69) is 18.2 Å². The second kappa shape index (κ2) is 4.91. The maximum atomic E-state index is 6.16. The highest BCUT2D eigenvalue weighted by Crippen LogP contribution is 2.30. The van der Waals surface area contributed by atoms with E-state index in [-0.39, 0.29) is 6.04 Å². The normalized spacial score (nSPS) is 12.5. The molecule has 2 rings (SSSR count). The van der Waals surface area contributed by atoms with Crippen LogP contribution in [0.25, 0.3) is 11.1 Å². The van der Waals surface area contributed by atoms with Crippen molar-refractivity contribution in [1.29, 1.82) is 0 Å². The molecule has 0 heterocycles. The summed E-state index contributed by atoms with van der Waals surface area (Å²) in [7, 11) is 0. The fraction of sp³-hybridized carbons (Fsp3) is 0.200. The summed E-state index contributed by atoms with van der Waals surface area (Å²) in [6.07, 6.45) is 0. The first kappa shape index (κ1) is 12.2. The van der Waals surface area contributed by atoms with Gasteiger partial charge in [-0.3, -0.25) is 0 Å². The lowest BCUT2D eigenvalue weighted by Gasteiger charge is -2.13. The van der Waals surface area contributed by atoms with Crippen LogP contribution in [-0.4, -0.2) is 0 Å². The average Bonchev–Trinajstić information content (AvgIpc) is 2.32. The zero-order valence-corrected chi connectivity index (χ0v) is 10.8. The van der Waals surface area contributed by atoms with Gasteiger partial charge in [0.15, 0.2) is 0 Å². The van der Waals surface area contributed by atoms with E-state index in [0.29, 0.717) is 0 Å². The Morgan fingerprint density at radius 3 is 2.47 bits per heavy atom. The summed E-state index contributed by atoms with van der Waals surface area (Å²) >= 11 is 6.16. The van der Waals surface area contributed by atoms with E-state index in [4.69, 9.17) is 17.3 Å². The van der Waals surface area contributed by atoms with E-state index >= 15 is 0 Å². The summed E-state index contributed by atoms with van der Waals surface area (Å²) in [5, 5.41) is 0.793. The molecule has 88 valence electrons. The molecule has 0 saturated heterocycles. The maximum Gasteiger partial charge on any atom is 0.0441 e. The molecule has 0 saturated carbocycles. The SMILES string of the molecule is Cc1ccc(-c2ccccc2C(C)N)cc1Cl. The molecule has 2 aromatic carbocycles. The van der Waals surface area contributed by atoms with Gasteiger partial charge in [-0.2, -0.15) is 0 Å². The molecule has 0 aliphatic rings. The van der Waals surface area contributed by atoms with E-state index in [1.54, 1.807) is 0 Å². The fourth-order valence-corrected chi connectivity index (χ4v) is 2.10. The minimum Gasteiger partial charge on any atom is -0.324 e. The maximum absolute atomic E-state index is 6.16. The lowest BCUT2D eigenvalue weighted by molar-refractivity contribution is 0.820. The molecule has 0 bridgehead atoms. The monoisotopic (exact) mass is 245 g/mol. The van der Waals surface area contributed by atoms with E-state index in [1.807, 2.05) is 38.1 Å². The minimum absolute atomic E-state index is 0.0197. The van der Waals surface area contributed by atoms with Crippen molar-refractivity contribution in [3.63, 3.8) is 0 Å². The van der Waals surface area contributed by atoms with Crippen molar-refractivity contribution in [3.8, 4) is 11.1 Å². The van der Waals surface area contributed by atoms with Crippen LogP contribution in [0.3, 0.4) is 0 Å². The summed E-state index contributed by atoms with van der Waals surface area (Å²) in [4.78, 5) is 0. The Kier molecular flexibility index (Phi) is 3.51. The Labute approximate surface area is 107 Å². The van der Waals surface area contributed by atoms with Crippen molar-refractivity contribution in [3.05, 3.63) is 58.6 Å². The average molecular weight is 246 g/mol. The van der Waals surface area contributed by atoms with Crippen LogP contribution in [0.15, 0.2) is 42.5 Å². The first-order valence-electron chi connectivity index (χ1n) is 5.70. The van der Waals surface area contributed by atoms with E-state index in [1.165, 1.54) is 0 Å². The first-order chi connectivity index (χ1) is 8.09. The molecule has 1 nitrogen and oxygen atoms in total. The van der Waals surface area contributed by atoms with Crippen molar-refractivity contribution in [2.45, 2.75) is 19.9 Å². The first-order valence-corrected chi connectivity index (χ1v) is 6.08. The van der Waals surface area contributed by atoms with E-state index in [0.717, 1.165) is 27.3 Å². The quantitative estimate of drug-likeness (QED) is 0.837. The van der Waals surface area contributed by atoms with Crippen LogP contribution in [0, 0.1) is 6.92 Å². The zero-order chi connectivity index (χ0) is 12.4. The lowest BCUT2D eigenvalue weighted by atomic mass is 9.95. The molecule has 0 aliphatic carbocycles. The molecule has 0 aromatic heterocycles. The molecule has 0 aliphatic heterocycles. The van der Waals surface area contributed by atoms with E-state index in [9.17, 15) is 0 Å². The van der Waals surface area contributed by atoms with Gasteiger partial charge in [0.2, 0.25) is 0 Å². The van der Waals surface area contributed by atoms with Crippen LogP contribution in [0.4, 0.5) is 0 Å². The summed E-state index contributed by atoms with van der Waals surface area (Å²) < 4.78 is 0. The number of halogens is 1. The second-order valence-corrected chi connectivity index (χ2v) is 4.75. The van der Waals surface area contributed by atoms with Gasteiger partial charge in [0.05, 0.1) is 0 Å². The number of benzene rings is 2. The van der Waals surface area contributed by atoms with Gasteiger partial charge in [-0.05, 0) is 42.2 Å². The number of hydrogen-bond acceptors (Lipinski definition) is 1. The highest BCUT2D eigenvalue weighted by Gasteiger charge is 2.08. The molecule has 0 fully saturated rings. The van der Waals surface area contributed by atoms with Gasteiger partial charge in [0, 0.05) is 11.1 Å². The molecule has 0 amide bonds. The smallest absolute Gasteiger partial charge is 0.0441 e. The molecule has 1 unspecified atom stereocenters. The fourth-order valence-electron chi connectivity index (χ4n) is 1.92. The number of hydrogen-bond donors (Lipinski definition) is 1. The third-order valence-corrected chi connectivity index (χ3v) is 3.34. The standard InChI is InChI=1S/C15H16ClN/c1-10-7-8-12(9-15(10)16)14-6-4-3-5-13(14)11(2)17/h3-9,11H,17H2,1-2H3. The Morgan fingerprint density at radius 1 is 1.12 bits per heavy atom. The summed E-state index contributed by atoms with van der Waals surface area (Å²) in [5.41, 5.74) is 10.5. The van der Waals surface area contributed by atoms with Crippen molar-refractivity contribution < 1.29 is 0 Å². The summed E-state index contributed by atoms with van der Waals surface area (Å²) in [6, 6.07) is 14.3. The molecular formula is C15H16ClN. The van der Waals surface area contributed by atoms with Gasteiger partial charge in [-0.15, -0.1) is 0 Å². The van der Waals surface area contributed by atoms with Gasteiger partial charge in [0.25, 0.3) is 0 Å². The van der Waals surface area contributed by atoms with Gasteiger partial charge in [-0.1, -0.05) is 48.0 Å². The van der Waals surface area contributed by atoms with Crippen LogP contribution in [0.5, 0.6) is 0 Å². The largest absolute Gasteiger partial charge is 0.324 e. The van der Waals surface area contributed by atoms with Crippen molar-refractivity contribution in [2.75, 3.05) is 0 Å². The summed E-state index contributed by atoms with van der Waals surface area (Å²) in [6.45, 7) is 4.00. The van der Waals surface area contributed by atoms with Gasteiger partial charge < -0.3 is 5.73 Å². The van der Waals surface area contributed by atoms with Gasteiger partial charge in [-0.25, -0.2) is 0 Å². The lowest BCUT2D eigenvalue weighted by Crippen LogP contribution is -2.06. The molecule has 1 atom stereocenters. The van der Waals surface area contributed by atoms with E-state index < -0.39 is 0 Å². The third kappa shape index (κ3) is 2.51. The minimum atomic E-state index is 0.0197. The second-order valence-electron chi connectivity index (χ2n) is 4.34. The Bertz CT molecular complexity index is 532. The molecule has 17 heavy (non-hydrogen) atoms. The molecule has 0 radical (unpaired) electrons. The molecule has 2 N–H and O–H groups in total. The summed E-state index contributed by atoms with van der Waals surface area (Å²) in [5.74, 6) is 0. The van der Waals surface area contributed by atoms with Gasteiger partial charge in [0.1, 0.15) is 0 Å². The Hall–Kier alpha value is -1.31. The van der Waals surface area contributed by atoms with Gasteiger partial charge >= 0.3 is 0 Å². The van der Waals surface area contributed by atoms with Crippen LogP contribution in [0.2, 0.25) is 5.02 Å². The van der Waals surface area contributed by atoms with Crippen LogP contribution < -0.4 is 5.73 Å². The molecule has 2 heteroatoms. The van der Waals surface area contributed by atoms with Crippen molar-refractivity contribution >= 4 is 11.6 Å². The molecular weight excluding hydrogens is 230 g/mol. The Balaban J connectivity index is 2.56. The van der Waals surface area contributed by atoms with Crippen molar-refractivity contribution in [2.24, 2.45) is 5.73 Å². The molecule has 2 aromatic rings. The number of nitrogens with two attached hydrogens (primary N) is 1. The Morgan fingerprint density at radius 2 is 1.82 bits per heavy atom. The number of rotatable bonds is 2. The van der Waals surface area contributed by atoms with Crippen LogP contribution in [0.1, 0.15) is 24.1 Å². The predicted molar refractivity (Wildman–Crippen MR) is 74.2 cm³/mol. The highest BCUT2D eigenvalue weighted by atomic mass is 35.5. The number of aryl methyl sites for hydroxylation is 1. The topological polar surface area (TPSA) is 26.0 Å². The van der Waals surface area contributed by atoms with Crippen LogP contribution in [-0.2, 0) is 0 Å². The van der Waals surface area contributed by atoms with Crippen LogP contribution >= 0.6 is 11.6 Å². The highest BCUT2D eigenvalue weighted by molar-refractivity contribution is 6.31. The molecule has 0 spiro atoms. The predicted octanol–water partition coefficient (Wildman–Crippen LogP) is 4.34.